The molecule has 1 N–H and O–H groups in total. The third-order valence-electron chi connectivity index (χ3n) is 7.16. The van der Waals surface area contributed by atoms with Crippen LogP contribution >= 0.6 is 0 Å². The molecular formula is C32H33F2N5O2S. The van der Waals surface area contributed by atoms with E-state index >= 15 is 0 Å². The van der Waals surface area contributed by atoms with Crippen molar-refractivity contribution in [2.24, 2.45) is 0 Å². The van der Waals surface area contributed by atoms with E-state index in [0.717, 1.165) is 36.8 Å². The molecule has 0 bridgehead atoms. The van der Waals surface area contributed by atoms with Crippen molar-refractivity contribution < 1.29 is 17.2 Å². The van der Waals surface area contributed by atoms with Crippen molar-refractivity contribution >= 4 is 20.9 Å². The van der Waals surface area contributed by atoms with Gasteiger partial charge in [0.25, 0.3) is 10.0 Å². The standard InChI is InChI=1S/C32H33F2N5O2S/c33-31-25(11-9-18-36-31)21-35-17-7-2-8-20-38(22-26-12-10-19-37-32(26)34)23-27-24-39(30-16-6-5-15-29(27)30)42(40,41)28-13-3-1-4-14-28/h1,3-6,9-16,18-19,24,35H,2,7-8,17,20-23H2. The molecule has 10 heteroatoms. The van der Waals surface area contributed by atoms with Gasteiger partial charge in [-0.05, 0) is 61.8 Å². The van der Waals surface area contributed by atoms with Crippen molar-refractivity contribution in [1.82, 2.24) is 24.2 Å². The van der Waals surface area contributed by atoms with Gasteiger partial charge < -0.3 is 5.32 Å². The molecule has 0 aliphatic carbocycles. The fraction of sp³-hybridized carbons (Fsp3) is 0.250. The molecule has 3 aromatic heterocycles. The number of aromatic nitrogens is 3. The number of para-hydroxylation sites is 1. The normalized spacial score (nSPS) is 11.9. The van der Waals surface area contributed by atoms with Gasteiger partial charge in [-0.15, -0.1) is 0 Å². The minimum Gasteiger partial charge on any atom is -0.313 e. The average Bonchev–Trinajstić information content (AvgIpc) is 3.38. The molecule has 3 heterocycles. The molecule has 5 aromatic rings. The van der Waals surface area contributed by atoms with E-state index in [1.807, 2.05) is 18.2 Å². The molecule has 0 aliphatic rings. The predicted molar refractivity (Wildman–Crippen MR) is 159 cm³/mol. The van der Waals surface area contributed by atoms with Gasteiger partial charge in [0.2, 0.25) is 11.9 Å². The van der Waals surface area contributed by atoms with Gasteiger partial charge in [0.15, 0.2) is 0 Å². The van der Waals surface area contributed by atoms with E-state index in [0.29, 0.717) is 42.8 Å². The Morgan fingerprint density at radius 2 is 1.40 bits per heavy atom. The third kappa shape index (κ3) is 7.07. The van der Waals surface area contributed by atoms with Crippen molar-refractivity contribution in [1.29, 1.82) is 0 Å². The Labute approximate surface area is 244 Å². The number of nitrogens with zero attached hydrogens (tertiary/aromatic N) is 4. The molecule has 7 nitrogen and oxygen atoms in total. The maximum atomic E-state index is 14.5. The fourth-order valence-electron chi connectivity index (χ4n) is 5.02. The summed E-state index contributed by atoms with van der Waals surface area (Å²) >= 11 is 0. The lowest BCUT2D eigenvalue weighted by atomic mass is 10.1. The van der Waals surface area contributed by atoms with Crippen LogP contribution in [0, 0.1) is 11.9 Å². The molecule has 0 saturated carbocycles. The van der Waals surface area contributed by atoms with Crippen LogP contribution in [0.25, 0.3) is 10.9 Å². The van der Waals surface area contributed by atoms with Crippen LogP contribution in [0.5, 0.6) is 0 Å². The summed E-state index contributed by atoms with van der Waals surface area (Å²) in [5.41, 5.74) is 2.46. The summed E-state index contributed by atoms with van der Waals surface area (Å²) in [5, 5.41) is 4.09. The Morgan fingerprint density at radius 3 is 2.14 bits per heavy atom. The maximum absolute atomic E-state index is 14.5. The van der Waals surface area contributed by atoms with Crippen LogP contribution in [0.3, 0.4) is 0 Å². The number of hydrogen-bond donors (Lipinski definition) is 1. The molecule has 0 atom stereocenters. The van der Waals surface area contributed by atoms with Gasteiger partial charge in [-0.1, -0.05) is 55.0 Å². The fourth-order valence-corrected chi connectivity index (χ4v) is 6.43. The first-order valence-corrected chi connectivity index (χ1v) is 15.4. The molecule has 0 radical (unpaired) electrons. The highest BCUT2D eigenvalue weighted by molar-refractivity contribution is 7.90. The highest BCUT2D eigenvalue weighted by Gasteiger charge is 2.22. The molecule has 0 aliphatic heterocycles. The first-order chi connectivity index (χ1) is 20.4. The Bertz CT molecular complexity index is 1730. The Morgan fingerprint density at radius 1 is 0.738 bits per heavy atom. The van der Waals surface area contributed by atoms with E-state index in [2.05, 4.69) is 20.2 Å². The molecule has 0 spiro atoms. The van der Waals surface area contributed by atoms with Crippen LogP contribution in [0.15, 0.2) is 102 Å². The summed E-state index contributed by atoms with van der Waals surface area (Å²) in [5.74, 6) is -0.968. The lowest BCUT2D eigenvalue weighted by Crippen LogP contribution is -2.25. The topological polar surface area (TPSA) is 80.1 Å². The van der Waals surface area contributed by atoms with Gasteiger partial charge in [0, 0.05) is 54.7 Å². The number of rotatable bonds is 14. The van der Waals surface area contributed by atoms with E-state index in [1.165, 1.54) is 16.4 Å². The van der Waals surface area contributed by atoms with E-state index in [4.69, 9.17) is 0 Å². The maximum Gasteiger partial charge on any atom is 0.268 e. The number of halogens is 2. The van der Waals surface area contributed by atoms with Gasteiger partial charge in [0.05, 0.1) is 10.4 Å². The molecule has 218 valence electrons. The van der Waals surface area contributed by atoms with E-state index < -0.39 is 21.9 Å². The highest BCUT2D eigenvalue weighted by Crippen LogP contribution is 2.27. The van der Waals surface area contributed by atoms with Gasteiger partial charge >= 0.3 is 0 Å². The monoisotopic (exact) mass is 589 g/mol. The van der Waals surface area contributed by atoms with Crippen LogP contribution in [-0.4, -0.2) is 40.3 Å². The average molecular weight is 590 g/mol. The summed E-state index contributed by atoms with van der Waals surface area (Å²) in [7, 11) is -3.80. The van der Waals surface area contributed by atoms with E-state index in [9.17, 15) is 17.2 Å². The molecule has 0 fully saturated rings. The summed E-state index contributed by atoms with van der Waals surface area (Å²) in [4.78, 5) is 9.82. The van der Waals surface area contributed by atoms with Crippen LogP contribution in [0.2, 0.25) is 0 Å². The molecule has 42 heavy (non-hydrogen) atoms. The lowest BCUT2D eigenvalue weighted by Gasteiger charge is -2.22. The summed E-state index contributed by atoms with van der Waals surface area (Å²) < 4.78 is 56.7. The SMILES string of the molecule is O=S(=O)(c1ccccc1)n1cc(CN(CCCCCNCc2cccnc2F)Cc2cccnc2F)c2ccccc21. The van der Waals surface area contributed by atoms with E-state index in [1.54, 1.807) is 66.9 Å². The Balaban J connectivity index is 1.29. The first kappa shape index (κ1) is 29.5. The van der Waals surface area contributed by atoms with Crippen molar-refractivity contribution in [3.05, 3.63) is 126 Å². The highest BCUT2D eigenvalue weighted by atomic mass is 32.2. The zero-order valence-electron chi connectivity index (χ0n) is 23.2. The van der Waals surface area contributed by atoms with Crippen molar-refractivity contribution in [3.63, 3.8) is 0 Å². The first-order valence-electron chi connectivity index (χ1n) is 13.9. The van der Waals surface area contributed by atoms with Gasteiger partial charge in [-0.3, -0.25) is 4.90 Å². The van der Waals surface area contributed by atoms with Crippen LogP contribution in [0.4, 0.5) is 8.78 Å². The molecule has 5 rings (SSSR count). The number of hydrogen-bond acceptors (Lipinski definition) is 6. The van der Waals surface area contributed by atoms with Gasteiger partial charge in [-0.25, -0.2) is 22.4 Å². The summed E-state index contributed by atoms with van der Waals surface area (Å²) in [6.45, 7) is 2.60. The van der Waals surface area contributed by atoms with Crippen molar-refractivity contribution in [2.45, 2.75) is 43.8 Å². The number of benzene rings is 2. The summed E-state index contributed by atoms with van der Waals surface area (Å²) in [6.07, 6.45) is 7.20. The second-order valence-electron chi connectivity index (χ2n) is 10.1. The number of unbranched alkanes of at least 4 members (excludes halogenated alkanes) is 2. The molecule has 0 saturated heterocycles. The molecular weight excluding hydrogens is 556 g/mol. The van der Waals surface area contributed by atoms with Gasteiger partial charge in [0.1, 0.15) is 0 Å². The molecule has 0 amide bonds. The zero-order valence-corrected chi connectivity index (χ0v) is 24.0. The van der Waals surface area contributed by atoms with E-state index in [-0.39, 0.29) is 4.90 Å². The third-order valence-corrected chi connectivity index (χ3v) is 8.85. The minimum absolute atomic E-state index is 0.214. The van der Waals surface area contributed by atoms with Crippen molar-refractivity contribution in [3.8, 4) is 0 Å². The quantitative estimate of drug-likeness (QED) is 0.128. The Kier molecular flexibility index (Phi) is 9.68. The second-order valence-corrected chi connectivity index (χ2v) is 12.0. The number of fused-ring (bicyclic) bond motifs is 1. The van der Waals surface area contributed by atoms with Crippen molar-refractivity contribution in [2.75, 3.05) is 13.1 Å². The van der Waals surface area contributed by atoms with Crippen LogP contribution < -0.4 is 5.32 Å². The Hall–Kier alpha value is -3.99. The zero-order chi connectivity index (χ0) is 29.4. The number of pyridine rings is 2. The second kappa shape index (κ2) is 13.8. The predicted octanol–water partition coefficient (Wildman–Crippen LogP) is 5.91. The number of nitrogens with one attached hydrogen (secondary N) is 1. The molecule has 0 unspecified atom stereocenters. The minimum atomic E-state index is -3.80. The summed E-state index contributed by atoms with van der Waals surface area (Å²) in [6, 6.07) is 22.7. The molecule has 2 aromatic carbocycles. The van der Waals surface area contributed by atoms with Crippen LogP contribution in [-0.2, 0) is 29.7 Å². The van der Waals surface area contributed by atoms with Gasteiger partial charge in [-0.2, -0.15) is 8.78 Å². The van der Waals surface area contributed by atoms with Crippen LogP contribution in [0.1, 0.15) is 36.0 Å². The lowest BCUT2D eigenvalue weighted by molar-refractivity contribution is 0.246. The smallest absolute Gasteiger partial charge is 0.268 e. The largest absolute Gasteiger partial charge is 0.313 e.